The lowest BCUT2D eigenvalue weighted by Gasteiger charge is -2.60. The van der Waals surface area contributed by atoms with Crippen LogP contribution in [-0.4, -0.2) is 40.4 Å². The minimum absolute atomic E-state index is 0.309. The average Bonchev–Trinajstić information content (AvgIpc) is 2.56. The Morgan fingerprint density at radius 2 is 1.00 bits per heavy atom. The third-order valence-corrected chi connectivity index (χ3v) is 10.5. The third-order valence-electron chi connectivity index (χ3n) is 10.5. The second-order valence-electron chi connectivity index (χ2n) is 14.0. The predicted octanol–water partition coefficient (Wildman–Crippen LogP) is 5.20. The van der Waals surface area contributed by atoms with Crippen LogP contribution in [0.15, 0.2) is 0 Å². The van der Waals surface area contributed by atoms with Crippen molar-refractivity contribution in [1.82, 2.24) is 0 Å². The van der Waals surface area contributed by atoms with E-state index in [1.807, 2.05) is 0 Å². The molecule has 4 nitrogen and oxygen atoms in total. The predicted molar refractivity (Wildman–Crippen MR) is 119 cm³/mol. The van der Waals surface area contributed by atoms with E-state index in [-0.39, 0.29) is 11.2 Å². The highest BCUT2D eigenvalue weighted by molar-refractivity contribution is 5.09. The van der Waals surface area contributed by atoms with E-state index in [1.54, 1.807) is 0 Å². The van der Waals surface area contributed by atoms with E-state index in [2.05, 4.69) is 13.8 Å². The molecule has 0 aliphatic heterocycles. The largest absolute Gasteiger partial charge is 0.390 e. The van der Waals surface area contributed by atoms with Crippen LogP contribution in [0.4, 0.5) is 0 Å². The first-order valence-corrected chi connectivity index (χ1v) is 13.3. The van der Waals surface area contributed by atoms with Crippen molar-refractivity contribution in [2.75, 3.05) is 13.2 Å². The molecular formula is C27H44O4. The van der Waals surface area contributed by atoms with E-state index in [9.17, 15) is 10.2 Å². The van der Waals surface area contributed by atoms with E-state index in [4.69, 9.17) is 9.47 Å². The molecule has 8 rings (SSSR count). The Kier molecular flexibility index (Phi) is 4.78. The van der Waals surface area contributed by atoms with Crippen LogP contribution in [0, 0.1) is 34.5 Å². The number of aliphatic hydroxyl groups is 2. The van der Waals surface area contributed by atoms with Gasteiger partial charge in [0.05, 0.1) is 24.4 Å². The van der Waals surface area contributed by atoms with Gasteiger partial charge in [-0.15, -0.1) is 0 Å². The highest BCUT2D eigenvalue weighted by Gasteiger charge is 2.58. The summed E-state index contributed by atoms with van der Waals surface area (Å²) in [6.45, 7) is 5.59. The van der Waals surface area contributed by atoms with Crippen LogP contribution in [0.2, 0.25) is 0 Å². The van der Waals surface area contributed by atoms with E-state index in [0.717, 1.165) is 88.3 Å². The number of rotatable bonds is 8. The van der Waals surface area contributed by atoms with Gasteiger partial charge in [0.15, 0.2) is 5.79 Å². The first kappa shape index (κ1) is 21.4. The van der Waals surface area contributed by atoms with E-state index in [0.29, 0.717) is 10.8 Å². The molecule has 0 spiro atoms. The maximum Gasteiger partial charge on any atom is 0.162 e. The second kappa shape index (κ2) is 6.93. The molecule has 4 unspecified atom stereocenters. The molecule has 8 aliphatic carbocycles. The smallest absolute Gasteiger partial charge is 0.162 e. The van der Waals surface area contributed by atoms with Gasteiger partial charge in [0.25, 0.3) is 0 Å². The van der Waals surface area contributed by atoms with Crippen molar-refractivity contribution in [2.45, 2.75) is 121 Å². The van der Waals surface area contributed by atoms with Crippen LogP contribution >= 0.6 is 0 Å². The van der Waals surface area contributed by atoms with E-state index < -0.39 is 5.79 Å². The summed E-state index contributed by atoms with van der Waals surface area (Å²) in [7, 11) is 0. The van der Waals surface area contributed by atoms with Gasteiger partial charge in [-0.05, 0) is 138 Å². The molecule has 0 aromatic rings. The summed E-state index contributed by atoms with van der Waals surface area (Å²) in [4.78, 5) is 0. The van der Waals surface area contributed by atoms with Crippen molar-refractivity contribution in [3.05, 3.63) is 0 Å². The van der Waals surface area contributed by atoms with E-state index in [1.165, 1.54) is 38.5 Å². The van der Waals surface area contributed by atoms with Gasteiger partial charge in [-0.3, -0.25) is 0 Å². The molecule has 8 bridgehead atoms. The first-order valence-electron chi connectivity index (χ1n) is 13.3. The van der Waals surface area contributed by atoms with E-state index >= 15 is 0 Å². The van der Waals surface area contributed by atoms with Crippen LogP contribution in [0.3, 0.4) is 0 Å². The molecule has 0 radical (unpaired) electrons. The Balaban J connectivity index is 0.991. The second-order valence-corrected chi connectivity index (χ2v) is 14.0. The quantitative estimate of drug-likeness (QED) is 0.518. The first-order chi connectivity index (χ1) is 14.6. The minimum Gasteiger partial charge on any atom is -0.390 e. The molecule has 8 saturated carbocycles. The van der Waals surface area contributed by atoms with Crippen LogP contribution in [0.25, 0.3) is 0 Å². The maximum absolute atomic E-state index is 11.0. The summed E-state index contributed by atoms with van der Waals surface area (Å²) >= 11 is 0. The Morgan fingerprint density at radius 3 is 1.32 bits per heavy atom. The normalized spacial score (nSPS) is 52.3. The lowest BCUT2D eigenvalue weighted by Crippen LogP contribution is -2.56. The van der Waals surface area contributed by atoms with Gasteiger partial charge in [-0.25, -0.2) is 0 Å². The van der Waals surface area contributed by atoms with Crippen LogP contribution in [0.1, 0.15) is 104 Å². The number of ether oxygens (including phenoxy) is 2. The summed E-state index contributed by atoms with van der Waals surface area (Å²) in [5, 5.41) is 22.0. The Morgan fingerprint density at radius 1 is 0.645 bits per heavy atom. The van der Waals surface area contributed by atoms with Crippen LogP contribution in [-0.2, 0) is 9.47 Å². The van der Waals surface area contributed by atoms with Crippen molar-refractivity contribution in [3.63, 3.8) is 0 Å². The Labute approximate surface area is 188 Å². The standard InChI is InChI=1S/C27H44O4/c1-23(2,30-5-3-24-9-19-7-20(10-24)14-26(28,13-19)17-24)31-6-4-25-11-21-8-22(12-25)16-27(29,15-21)18-25/h19-22,28-29H,3-18H2,1-2H3. The molecule has 31 heavy (non-hydrogen) atoms. The summed E-state index contributed by atoms with van der Waals surface area (Å²) in [6, 6.07) is 0. The molecule has 4 atom stereocenters. The minimum atomic E-state index is -0.557. The van der Waals surface area contributed by atoms with Gasteiger partial charge in [-0.2, -0.15) is 0 Å². The molecule has 0 amide bonds. The Bertz CT molecular complexity index is 628. The monoisotopic (exact) mass is 432 g/mol. The number of hydrogen-bond donors (Lipinski definition) is 2. The molecule has 8 fully saturated rings. The van der Waals surface area contributed by atoms with Crippen molar-refractivity contribution in [3.8, 4) is 0 Å². The molecule has 0 saturated heterocycles. The van der Waals surface area contributed by atoms with Gasteiger partial charge in [0.2, 0.25) is 0 Å². The molecule has 0 aromatic heterocycles. The highest BCUT2D eigenvalue weighted by Crippen LogP contribution is 2.64. The summed E-state index contributed by atoms with van der Waals surface area (Å²) in [6.07, 6.45) is 16.2. The maximum atomic E-state index is 11.0. The molecule has 2 N–H and O–H groups in total. The zero-order valence-electron chi connectivity index (χ0n) is 19.8. The van der Waals surface area contributed by atoms with Crippen LogP contribution < -0.4 is 0 Å². The topological polar surface area (TPSA) is 58.9 Å². The zero-order valence-corrected chi connectivity index (χ0v) is 19.8. The molecular weight excluding hydrogens is 388 g/mol. The van der Waals surface area contributed by atoms with Gasteiger partial charge in [-0.1, -0.05) is 0 Å². The van der Waals surface area contributed by atoms with Gasteiger partial charge >= 0.3 is 0 Å². The Hall–Kier alpha value is -0.160. The van der Waals surface area contributed by atoms with Crippen molar-refractivity contribution >= 4 is 0 Å². The molecule has 0 heterocycles. The zero-order chi connectivity index (χ0) is 21.5. The third kappa shape index (κ3) is 4.02. The fourth-order valence-corrected chi connectivity index (χ4v) is 10.5. The summed E-state index contributed by atoms with van der Waals surface area (Å²) in [5.41, 5.74) is -0.136. The van der Waals surface area contributed by atoms with Crippen molar-refractivity contribution < 1.29 is 19.7 Å². The van der Waals surface area contributed by atoms with Crippen molar-refractivity contribution in [2.24, 2.45) is 34.5 Å². The summed E-state index contributed by atoms with van der Waals surface area (Å²) in [5.74, 6) is 2.41. The average molecular weight is 433 g/mol. The lowest BCUT2D eigenvalue weighted by molar-refractivity contribution is -0.233. The highest BCUT2D eigenvalue weighted by atomic mass is 16.7. The molecule has 0 aromatic carbocycles. The molecule has 4 heteroatoms. The lowest BCUT2D eigenvalue weighted by atomic mass is 9.47. The fourth-order valence-electron chi connectivity index (χ4n) is 10.5. The fraction of sp³-hybridized carbons (Fsp3) is 1.00. The molecule has 8 aliphatic rings. The molecule has 176 valence electrons. The van der Waals surface area contributed by atoms with Gasteiger partial charge in [0, 0.05) is 0 Å². The SMILES string of the molecule is CC(C)(OCCC12CC3CC(CC(O)(C3)C1)C2)OCCC12CC3CC(CC(O)(C3)C1)C2. The van der Waals surface area contributed by atoms with Gasteiger partial charge in [0.1, 0.15) is 0 Å². The summed E-state index contributed by atoms with van der Waals surface area (Å²) < 4.78 is 12.6. The number of hydrogen-bond acceptors (Lipinski definition) is 4. The van der Waals surface area contributed by atoms with Crippen LogP contribution in [0.5, 0.6) is 0 Å². The van der Waals surface area contributed by atoms with Crippen molar-refractivity contribution in [1.29, 1.82) is 0 Å². The van der Waals surface area contributed by atoms with Gasteiger partial charge < -0.3 is 19.7 Å².